The number of thioether (sulfide) groups is 1. The summed E-state index contributed by atoms with van der Waals surface area (Å²) in [4.78, 5) is 17.3. The van der Waals surface area contributed by atoms with Crippen molar-refractivity contribution in [1.29, 1.82) is 0 Å². The lowest BCUT2D eigenvalue weighted by Crippen LogP contribution is -2.30. The Labute approximate surface area is 174 Å². The fourth-order valence-corrected chi connectivity index (χ4v) is 3.79. The SMILES string of the molecule is COc1ccc(CNC(=O)[C@@H](C)Sc2nc(C3CC3)n(-c3ccccc3)n2)cc1. The van der Waals surface area contributed by atoms with Gasteiger partial charge < -0.3 is 10.1 Å². The van der Waals surface area contributed by atoms with Crippen LogP contribution in [0.25, 0.3) is 5.69 Å². The Balaban J connectivity index is 1.39. The number of methoxy groups -OCH3 is 1. The highest BCUT2D eigenvalue weighted by Gasteiger charge is 2.31. The zero-order valence-corrected chi connectivity index (χ0v) is 17.4. The Bertz CT molecular complexity index is 968. The molecule has 3 aromatic rings. The first-order valence-electron chi connectivity index (χ1n) is 9.73. The van der Waals surface area contributed by atoms with Gasteiger partial charge in [-0.15, -0.1) is 5.10 Å². The van der Waals surface area contributed by atoms with Crippen molar-refractivity contribution in [3.8, 4) is 11.4 Å². The quantitative estimate of drug-likeness (QED) is 0.572. The van der Waals surface area contributed by atoms with Gasteiger partial charge in [0.1, 0.15) is 11.6 Å². The summed E-state index contributed by atoms with van der Waals surface area (Å²) in [7, 11) is 1.64. The molecule has 1 atom stereocenters. The number of benzene rings is 2. The van der Waals surface area contributed by atoms with E-state index in [1.807, 2.05) is 66.2 Å². The highest BCUT2D eigenvalue weighted by atomic mass is 32.2. The molecule has 1 saturated carbocycles. The summed E-state index contributed by atoms with van der Waals surface area (Å²) < 4.78 is 7.08. The molecule has 1 heterocycles. The zero-order valence-electron chi connectivity index (χ0n) is 16.5. The first-order valence-corrected chi connectivity index (χ1v) is 10.6. The van der Waals surface area contributed by atoms with E-state index >= 15 is 0 Å². The maximum Gasteiger partial charge on any atom is 0.233 e. The molecule has 29 heavy (non-hydrogen) atoms. The molecule has 150 valence electrons. The molecule has 0 aliphatic heterocycles. The fourth-order valence-electron chi connectivity index (χ4n) is 3.01. The van der Waals surface area contributed by atoms with E-state index in [0.717, 1.165) is 35.7 Å². The molecule has 0 saturated heterocycles. The second-order valence-corrected chi connectivity index (χ2v) is 8.41. The van der Waals surface area contributed by atoms with Crippen LogP contribution in [0.1, 0.15) is 37.1 Å². The zero-order chi connectivity index (χ0) is 20.2. The van der Waals surface area contributed by atoms with Crippen molar-refractivity contribution >= 4 is 17.7 Å². The molecule has 1 aromatic heterocycles. The third kappa shape index (κ3) is 4.79. The molecular weight excluding hydrogens is 384 g/mol. The van der Waals surface area contributed by atoms with Crippen LogP contribution in [0.3, 0.4) is 0 Å². The lowest BCUT2D eigenvalue weighted by atomic mass is 10.2. The monoisotopic (exact) mass is 408 g/mol. The van der Waals surface area contributed by atoms with E-state index in [2.05, 4.69) is 10.4 Å². The average molecular weight is 409 g/mol. The van der Waals surface area contributed by atoms with E-state index in [4.69, 9.17) is 9.72 Å². The molecule has 2 aromatic carbocycles. The Morgan fingerprint density at radius 3 is 2.59 bits per heavy atom. The standard InChI is InChI=1S/C22H24N4O2S/c1-15(21(27)23-14-16-8-12-19(28-2)13-9-16)29-22-24-20(17-10-11-17)26(25-22)18-6-4-3-5-7-18/h3-9,12-13,15,17H,10-11,14H2,1-2H3,(H,23,27)/t15-/m1/s1. The minimum absolute atomic E-state index is 0.0325. The minimum atomic E-state index is -0.285. The van der Waals surface area contributed by atoms with Gasteiger partial charge in [-0.1, -0.05) is 42.1 Å². The molecule has 1 amide bonds. The first-order chi connectivity index (χ1) is 14.1. The van der Waals surface area contributed by atoms with Crippen molar-refractivity contribution in [3.05, 3.63) is 66.0 Å². The Morgan fingerprint density at radius 2 is 1.93 bits per heavy atom. The van der Waals surface area contributed by atoms with E-state index < -0.39 is 0 Å². The van der Waals surface area contributed by atoms with Crippen molar-refractivity contribution < 1.29 is 9.53 Å². The van der Waals surface area contributed by atoms with Gasteiger partial charge in [0.05, 0.1) is 18.0 Å². The Hall–Kier alpha value is -2.80. The third-order valence-electron chi connectivity index (χ3n) is 4.83. The van der Waals surface area contributed by atoms with E-state index in [-0.39, 0.29) is 11.2 Å². The van der Waals surface area contributed by atoms with Gasteiger partial charge in [0, 0.05) is 12.5 Å². The minimum Gasteiger partial charge on any atom is -0.497 e. The van der Waals surface area contributed by atoms with Crippen LogP contribution in [0.15, 0.2) is 59.8 Å². The van der Waals surface area contributed by atoms with Gasteiger partial charge >= 0.3 is 0 Å². The number of ether oxygens (including phenoxy) is 1. The van der Waals surface area contributed by atoms with E-state index in [0.29, 0.717) is 17.6 Å². The molecule has 1 aliphatic rings. The number of carbonyl (C=O) groups excluding carboxylic acids is 1. The maximum absolute atomic E-state index is 12.5. The van der Waals surface area contributed by atoms with Crippen molar-refractivity contribution in [1.82, 2.24) is 20.1 Å². The Kier molecular flexibility index (Phi) is 5.85. The van der Waals surface area contributed by atoms with Crippen LogP contribution >= 0.6 is 11.8 Å². The van der Waals surface area contributed by atoms with Crippen molar-refractivity contribution in [2.24, 2.45) is 0 Å². The summed E-state index contributed by atoms with van der Waals surface area (Å²) in [5, 5.41) is 8.01. The predicted octanol–water partition coefficient (Wildman–Crippen LogP) is 3.95. The van der Waals surface area contributed by atoms with Gasteiger partial charge in [-0.3, -0.25) is 4.79 Å². The molecule has 0 spiro atoms. The molecular formula is C22H24N4O2S. The van der Waals surface area contributed by atoms with Gasteiger partial charge in [-0.25, -0.2) is 9.67 Å². The number of hydrogen-bond donors (Lipinski definition) is 1. The van der Waals surface area contributed by atoms with Crippen LogP contribution < -0.4 is 10.1 Å². The molecule has 0 radical (unpaired) electrons. The third-order valence-corrected chi connectivity index (χ3v) is 5.78. The second kappa shape index (κ2) is 8.69. The largest absolute Gasteiger partial charge is 0.497 e. The number of para-hydroxylation sites is 1. The van der Waals surface area contributed by atoms with Crippen LogP contribution in [0.5, 0.6) is 5.75 Å². The number of aromatic nitrogens is 3. The predicted molar refractivity (Wildman–Crippen MR) is 113 cm³/mol. The smallest absolute Gasteiger partial charge is 0.233 e. The molecule has 1 fully saturated rings. The molecule has 0 bridgehead atoms. The van der Waals surface area contributed by atoms with Crippen molar-refractivity contribution in [2.75, 3.05) is 7.11 Å². The molecule has 0 unspecified atom stereocenters. The number of nitrogens with zero attached hydrogens (tertiary/aromatic N) is 3. The summed E-state index contributed by atoms with van der Waals surface area (Å²) in [6.07, 6.45) is 2.29. The van der Waals surface area contributed by atoms with E-state index in [1.54, 1.807) is 7.11 Å². The summed E-state index contributed by atoms with van der Waals surface area (Å²) in [5.74, 6) is 2.23. The van der Waals surface area contributed by atoms with Gasteiger partial charge in [0.2, 0.25) is 11.1 Å². The number of amides is 1. The summed E-state index contributed by atoms with van der Waals surface area (Å²) in [6.45, 7) is 2.36. The number of hydrogen-bond acceptors (Lipinski definition) is 5. The number of rotatable bonds is 8. The number of nitrogens with one attached hydrogen (secondary N) is 1. The van der Waals surface area contributed by atoms with Crippen LogP contribution in [-0.4, -0.2) is 33.0 Å². The van der Waals surface area contributed by atoms with Crippen LogP contribution in [0, 0.1) is 0 Å². The summed E-state index contributed by atoms with van der Waals surface area (Å²) >= 11 is 1.39. The number of carbonyl (C=O) groups is 1. The highest BCUT2D eigenvalue weighted by Crippen LogP contribution is 2.40. The van der Waals surface area contributed by atoms with Gasteiger partial charge in [-0.05, 0) is 49.6 Å². The van der Waals surface area contributed by atoms with E-state index in [1.165, 1.54) is 11.8 Å². The summed E-state index contributed by atoms with van der Waals surface area (Å²) in [5.41, 5.74) is 2.03. The van der Waals surface area contributed by atoms with Gasteiger partial charge in [0.25, 0.3) is 0 Å². The summed E-state index contributed by atoms with van der Waals surface area (Å²) in [6, 6.07) is 17.7. The maximum atomic E-state index is 12.5. The first kappa shape index (κ1) is 19.5. The fraction of sp³-hybridized carbons (Fsp3) is 0.318. The van der Waals surface area contributed by atoms with Crippen molar-refractivity contribution in [3.63, 3.8) is 0 Å². The topological polar surface area (TPSA) is 69.0 Å². The molecule has 6 nitrogen and oxygen atoms in total. The normalized spacial score (nSPS) is 14.4. The van der Waals surface area contributed by atoms with E-state index in [9.17, 15) is 4.79 Å². The van der Waals surface area contributed by atoms with Crippen molar-refractivity contribution in [2.45, 2.75) is 42.6 Å². The molecule has 1 N–H and O–H groups in total. The second-order valence-electron chi connectivity index (χ2n) is 7.10. The van der Waals surface area contributed by atoms with Crippen LogP contribution in [0.2, 0.25) is 0 Å². The van der Waals surface area contributed by atoms with Crippen LogP contribution in [0.4, 0.5) is 0 Å². The van der Waals surface area contributed by atoms with Crippen LogP contribution in [-0.2, 0) is 11.3 Å². The van der Waals surface area contributed by atoms with Gasteiger partial charge in [-0.2, -0.15) is 0 Å². The lowest BCUT2D eigenvalue weighted by molar-refractivity contribution is -0.120. The molecule has 4 rings (SSSR count). The average Bonchev–Trinajstić information content (AvgIpc) is 3.53. The molecule has 7 heteroatoms. The lowest BCUT2D eigenvalue weighted by Gasteiger charge is -2.10. The highest BCUT2D eigenvalue weighted by molar-refractivity contribution is 8.00. The molecule has 1 aliphatic carbocycles. The Morgan fingerprint density at radius 1 is 1.21 bits per heavy atom. The van der Waals surface area contributed by atoms with Gasteiger partial charge in [0.15, 0.2) is 0 Å².